The van der Waals surface area contributed by atoms with Crippen LogP contribution in [0.25, 0.3) is 22.2 Å². The van der Waals surface area contributed by atoms with E-state index in [1.54, 1.807) is 0 Å². The number of benzene rings is 2. The van der Waals surface area contributed by atoms with Crippen LogP contribution < -0.4 is 10.1 Å². The first-order valence-corrected chi connectivity index (χ1v) is 11.7. The van der Waals surface area contributed by atoms with Gasteiger partial charge in [0.1, 0.15) is 11.4 Å². The summed E-state index contributed by atoms with van der Waals surface area (Å²) in [7, 11) is 0. The molecule has 2 heterocycles. The molecule has 5 rings (SSSR count). The fraction of sp³-hybridized carbons (Fsp3) is 0.296. The summed E-state index contributed by atoms with van der Waals surface area (Å²) in [5, 5.41) is 9.92. The number of hydrogen-bond acceptors (Lipinski definition) is 4. The van der Waals surface area contributed by atoms with Crippen LogP contribution in [0.2, 0.25) is 0 Å². The zero-order chi connectivity index (χ0) is 22.6. The molecule has 0 aliphatic heterocycles. The number of pyridine rings is 1. The third-order valence-electron chi connectivity index (χ3n) is 6.19. The first-order valence-electron chi connectivity index (χ1n) is 11.7. The maximum Gasteiger partial charge on any atom is 0.255 e. The van der Waals surface area contributed by atoms with Crippen molar-refractivity contribution in [1.29, 1.82) is 0 Å². The lowest BCUT2D eigenvalue weighted by Gasteiger charge is -2.15. The lowest BCUT2D eigenvalue weighted by molar-refractivity contribution is 0.0950. The molecule has 2 aromatic carbocycles. The second-order valence-corrected chi connectivity index (χ2v) is 8.27. The Balaban J connectivity index is 1.37. The second kappa shape index (κ2) is 9.45. The van der Waals surface area contributed by atoms with Gasteiger partial charge in [-0.1, -0.05) is 36.4 Å². The number of aromatic nitrogens is 3. The predicted molar refractivity (Wildman–Crippen MR) is 130 cm³/mol. The fourth-order valence-corrected chi connectivity index (χ4v) is 4.69. The SMILES string of the molecule is CCOc1ccc2ccccc2c1C(=O)NCCn1nc(-c2ccccn2)c2c1CCCC2. The maximum absolute atomic E-state index is 13.2. The number of amides is 1. The van der Waals surface area contributed by atoms with Crippen LogP contribution >= 0.6 is 0 Å². The number of hydrogen-bond donors (Lipinski definition) is 1. The maximum atomic E-state index is 13.2. The van der Waals surface area contributed by atoms with E-state index in [2.05, 4.69) is 15.0 Å². The molecule has 4 aromatic rings. The smallest absolute Gasteiger partial charge is 0.255 e. The molecule has 0 atom stereocenters. The van der Waals surface area contributed by atoms with Crippen molar-refractivity contribution in [2.24, 2.45) is 0 Å². The van der Waals surface area contributed by atoms with E-state index >= 15 is 0 Å². The highest BCUT2D eigenvalue weighted by atomic mass is 16.5. The van der Waals surface area contributed by atoms with E-state index in [9.17, 15) is 4.79 Å². The van der Waals surface area contributed by atoms with E-state index in [1.807, 2.05) is 67.7 Å². The Morgan fingerprint density at radius 1 is 1.06 bits per heavy atom. The monoisotopic (exact) mass is 440 g/mol. The Hall–Kier alpha value is -3.67. The predicted octanol–water partition coefficient (Wildman–Crippen LogP) is 4.81. The van der Waals surface area contributed by atoms with Crippen molar-refractivity contribution in [2.45, 2.75) is 39.2 Å². The van der Waals surface area contributed by atoms with Crippen LogP contribution in [-0.4, -0.2) is 33.8 Å². The molecule has 0 fully saturated rings. The summed E-state index contributed by atoms with van der Waals surface area (Å²) < 4.78 is 7.83. The summed E-state index contributed by atoms with van der Waals surface area (Å²) in [6, 6.07) is 17.7. The molecule has 1 amide bonds. The number of nitrogens with zero attached hydrogens (tertiary/aromatic N) is 3. The zero-order valence-electron chi connectivity index (χ0n) is 18.9. The van der Waals surface area contributed by atoms with E-state index in [0.717, 1.165) is 35.0 Å². The van der Waals surface area contributed by atoms with Crippen LogP contribution in [0.3, 0.4) is 0 Å². The van der Waals surface area contributed by atoms with Gasteiger partial charge in [0.25, 0.3) is 5.91 Å². The standard InChI is InChI=1S/C27H28N4O2/c1-2-33-24-15-14-19-9-3-4-10-20(19)25(24)27(32)29-17-18-31-23-13-6-5-11-21(23)26(30-31)22-12-7-8-16-28-22/h3-4,7-10,12,14-16H,2,5-6,11,13,17-18H2,1H3,(H,29,32). The van der Waals surface area contributed by atoms with E-state index in [-0.39, 0.29) is 5.91 Å². The lowest BCUT2D eigenvalue weighted by Crippen LogP contribution is -2.28. The summed E-state index contributed by atoms with van der Waals surface area (Å²) in [5.41, 5.74) is 5.06. The Morgan fingerprint density at radius 2 is 1.91 bits per heavy atom. The van der Waals surface area contributed by atoms with Crippen molar-refractivity contribution in [2.75, 3.05) is 13.2 Å². The number of carbonyl (C=O) groups excluding carboxylic acids is 1. The quantitative estimate of drug-likeness (QED) is 0.448. The molecule has 1 aliphatic carbocycles. The van der Waals surface area contributed by atoms with Gasteiger partial charge in [0.2, 0.25) is 0 Å². The van der Waals surface area contributed by atoms with E-state index < -0.39 is 0 Å². The molecular formula is C27H28N4O2. The molecule has 0 unspecified atom stereocenters. The van der Waals surface area contributed by atoms with Gasteiger partial charge >= 0.3 is 0 Å². The molecule has 0 bridgehead atoms. The first kappa shape index (κ1) is 21.2. The molecule has 0 spiro atoms. The summed E-state index contributed by atoms with van der Waals surface area (Å²) >= 11 is 0. The molecule has 1 N–H and O–H groups in total. The third-order valence-corrected chi connectivity index (χ3v) is 6.19. The van der Waals surface area contributed by atoms with Crippen LogP contribution in [0.1, 0.15) is 41.4 Å². The van der Waals surface area contributed by atoms with Crippen LogP contribution in [-0.2, 0) is 19.4 Å². The van der Waals surface area contributed by atoms with Crippen LogP contribution in [0.15, 0.2) is 60.8 Å². The average Bonchev–Trinajstić information content (AvgIpc) is 3.23. The molecular weight excluding hydrogens is 412 g/mol. The van der Waals surface area contributed by atoms with Gasteiger partial charge in [0, 0.05) is 24.0 Å². The van der Waals surface area contributed by atoms with Crippen LogP contribution in [0.4, 0.5) is 0 Å². The third kappa shape index (κ3) is 4.21. The number of fused-ring (bicyclic) bond motifs is 2. The van der Waals surface area contributed by atoms with Crippen LogP contribution in [0.5, 0.6) is 5.75 Å². The molecule has 0 saturated heterocycles. The van der Waals surface area contributed by atoms with Gasteiger partial charge in [-0.2, -0.15) is 5.10 Å². The van der Waals surface area contributed by atoms with Gasteiger partial charge in [-0.05, 0) is 61.6 Å². The highest BCUT2D eigenvalue weighted by Crippen LogP contribution is 2.30. The Labute approximate surface area is 193 Å². The largest absolute Gasteiger partial charge is 0.493 e. The number of carbonyl (C=O) groups is 1. The zero-order valence-corrected chi connectivity index (χ0v) is 18.9. The van der Waals surface area contributed by atoms with Gasteiger partial charge in [-0.15, -0.1) is 0 Å². The van der Waals surface area contributed by atoms with Crippen molar-refractivity contribution in [1.82, 2.24) is 20.1 Å². The van der Waals surface area contributed by atoms with Gasteiger partial charge < -0.3 is 10.1 Å². The minimum absolute atomic E-state index is 0.124. The molecule has 1 aliphatic rings. The molecule has 168 valence electrons. The Kier molecular flexibility index (Phi) is 6.07. The number of ether oxygens (including phenoxy) is 1. The topological polar surface area (TPSA) is 69.0 Å². The van der Waals surface area contributed by atoms with Gasteiger partial charge in [-0.25, -0.2) is 0 Å². The lowest BCUT2D eigenvalue weighted by atomic mass is 9.95. The molecule has 33 heavy (non-hydrogen) atoms. The first-order chi connectivity index (χ1) is 16.3. The van der Waals surface area contributed by atoms with Gasteiger partial charge in [0.15, 0.2) is 0 Å². The summed E-state index contributed by atoms with van der Waals surface area (Å²) in [5.74, 6) is 0.490. The Morgan fingerprint density at radius 3 is 2.76 bits per heavy atom. The van der Waals surface area contributed by atoms with Crippen molar-refractivity contribution in [3.05, 3.63) is 77.6 Å². The summed E-state index contributed by atoms with van der Waals surface area (Å²) in [6.45, 7) is 3.55. The molecule has 2 aromatic heterocycles. The number of nitrogens with one attached hydrogen (secondary N) is 1. The average molecular weight is 441 g/mol. The van der Waals surface area contributed by atoms with E-state index in [0.29, 0.717) is 31.0 Å². The van der Waals surface area contributed by atoms with Gasteiger partial charge in [-0.3, -0.25) is 14.5 Å². The van der Waals surface area contributed by atoms with E-state index in [1.165, 1.54) is 24.1 Å². The van der Waals surface area contributed by atoms with Gasteiger partial charge in [0.05, 0.1) is 24.4 Å². The molecule has 0 saturated carbocycles. The highest BCUT2D eigenvalue weighted by Gasteiger charge is 2.22. The Bertz CT molecular complexity index is 1280. The summed E-state index contributed by atoms with van der Waals surface area (Å²) in [6.07, 6.45) is 6.20. The second-order valence-electron chi connectivity index (χ2n) is 8.27. The molecule has 6 nitrogen and oxygen atoms in total. The minimum Gasteiger partial charge on any atom is -0.493 e. The van der Waals surface area contributed by atoms with Crippen molar-refractivity contribution >= 4 is 16.7 Å². The fourth-order valence-electron chi connectivity index (χ4n) is 4.69. The minimum atomic E-state index is -0.124. The molecule has 0 radical (unpaired) electrons. The van der Waals surface area contributed by atoms with Crippen molar-refractivity contribution in [3.63, 3.8) is 0 Å². The van der Waals surface area contributed by atoms with Crippen molar-refractivity contribution < 1.29 is 9.53 Å². The van der Waals surface area contributed by atoms with E-state index in [4.69, 9.17) is 9.84 Å². The highest BCUT2D eigenvalue weighted by molar-refractivity contribution is 6.09. The van der Waals surface area contributed by atoms with Crippen molar-refractivity contribution in [3.8, 4) is 17.1 Å². The van der Waals surface area contributed by atoms with Crippen LogP contribution in [0, 0.1) is 0 Å². The number of rotatable bonds is 7. The summed E-state index contributed by atoms with van der Waals surface area (Å²) in [4.78, 5) is 17.7. The molecule has 6 heteroatoms. The normalized spacial score (nSPS) is 13.0.